The summed E-state index contributed by atoms with van der Waals surface area (Å²) in [7, 11) is 3.67. The molecule has 3 fully saturated rings. The summed E-state index contributed by atoms with van der Waals surface area (Å²) in [4.78, 5) is 86.3. The Kier molecular flexibility index (Phi) is 14.3. The van der Waals surface area contributed by atoms with E-state index in [1.807, 2.05) is 19.0 Å². The highest BCUT2D eigenvalue weighted by Gasteiger charge is 2.78. The second-order valence-corrected chi connectivity index (χ2v) is 19.9. The van der Waals surface area contributed by atoms with Crippen molar-refractivity contribution in [2.75, 3.05) is 27.2 Å². The number of nitrogens with one attached hydrogen (secondary N) is 1. The van der Waals surface area contributed by atoms with Gasteiger partial charge in [0.1, 0.15) is 41.7 Å². The molecule has 4 N–H and O–H groups in total. The van der Waals surface area contributed by atoms with E-state index in [1.54, 1.807) is 83.1 Å². The van der Waals surface area contributed by atoms with E-state index in [1.165, 1.54) is 26.0 Å². The summed E-state index contributed by atoms with van der Waals surface area (Å²) in [6.07, 6.45) is -11.3. The van der Waals surface area contributed by atoms with Crippen LogP contribution in [0.3, 0.4) is 0 Å². The Hall–Kier alpha value is -5.20. The third kappa shape index (κ3) is 9.37. The molecule has 11 atom stereocenters. The van der Waals surface area contributed by atoms with Crippen LogP contribution < -0.4 is 5.32 Å². The first-order valence-corrected chi connectivity index (χ1v) is 22.3. The van der Waals surface area contributed by atoms with Crippen LogP contribution in [0.4, 0.5) is 4.79 Å². The minimum absolute atomic E-state index is 0.0683. The number of ether oxygens (including phenoxy) is 6. The molecule has 1 heterocycles. The number of rotatable bonds is 13. The standard InChI is InChI=1S/C49H64N2O15/c1-27-31(62-43(58)38(63-34(54)22-17-23-51(9)10)36(29-18-13-11-14-19-29)50-44(59)66-45(3,4)5)25-49(60)41(64-42(57)30-20-15-12-16-21-30)39-47(8,40(56)37(55)35(27)46(49,6)7)32(53)24-33-48(39,26-61-33)65-28(2)52/h11-16,18-21,31-33,36-39,41,53,55,60H,17,22-26H2,1-10H3,(H,50,59)/t31-,32-,33+,36-,37+,38+,39-,41-,47+,48-,49+/m0/s1. The Bertz CT molecular complexity index is 2210. The van der Waals surface area contributed by atoms with Crippen molar-refractivity contribution in [3.8, 4) is 0 Å². The number of amides is 1. The molecule has 0 unspecified atom stereocenters. The van der Waals surface area contributed by atoms with Crippen molar-refractivity contribution >= 4 is 35.8 Å². The number of nitrogens with zero attached hydrogens (tertiary/aromatic N) is 1. The van der Waals surface area contributed by atoms with Gasteiger partial charge in [-0.15, -0.1) is 0 Å². The molecule has 17 heteroatoms. The molecular weight excluding hydrogens is 857 g/mol. The molecule has 6 rings (SSSR count). The summed E-state index contributed by atoms with van der Waals surface area (Å²) < 4.78 is 36.1. The van der Waals surface area contributed by atoms with Crippen LogP contribution in [0.25, 0.3) is 0 Å². The highest BCUT2D eigenvalue weighted by molar-refractivity contribution is 5.94. The van der Waals surface area contributed by atoms with E-state index in [4.69, 9.17) is 28.4 Å². The predicted octanol–water partition coefficient (Wildman–Crippen LogP) is 4.15. The van der Waals surface area contributed by atoms with Gasteiger partial charge in [-0.2, -0.15) is 0 Å². The molecule has 1 aliphatic heterocycles. The second kappa shape index (κ2) is 18.8. The van der Waals surface area contributed by atoms with E-state index in [0.29, 0.717) is 18.5 Å². The zero-order valence-corrected chi connectivity index (χ0v) is 39.3. The van der Waals surface area contributed by atoms with Crippen molar-refractivity contribution in [2.45, 2.75) is 141 Å². The Balaban J connectivity index is 1.51. The third-order valence-electron chi connectivity index (χ3n) is 13.8. The lowest BCUT2D eigenvalue weighted by Crippen LogP contribution is -2.81. The molecule has 360 valence electrons. The molecule has 2 bridgehead atoms. The monoisotopic (exact) mass is 920 g/mol. The van der Waals surface area contributed by atoms with Crippen LogP contribution in [0.15, 0.2) is 71.8 Å². The average Bonchev–Trinajstić information content (AvgIpc) is 3.23. The second-order valence-electron chi connectivity index (χ2n) is 19.9. The van der Waals surface area contributed by atoms with Gasteiger partial charge in [-0.25, -0.2) is 14.4 Å². The number of carbonyl (C=O) groups excluding carboxylic acids is 6. The lowest BCUT2D eigenvalue weighted by atomic mass is 9.44. The molecule has 2 saturated carbocycles. The van der Waals surface area contributed by atoms with E-state index >= 15 is 4.79 Å². The first kappa shape index (κ1) is 50.2. The first-order chi connectivity index (χ1) is 30.8. The number of aliphatic hydroxyl groups excluding tert-OH is 2. The average molecular weight is 921 g/mol. The zero-order chi connectivity index (χ0) is 48.7. The van der Waals surface area contributed by atoms with Gasteiger partial charge in [-0.3, -0.25) is 14.4 Å². The highest BCUT2D eigenvalue weighted by atomic mass is 16.6. The maximum absolute atomic E-state index is 15.2. The van der Waals surface area contributed by atoms with Gasteiger partial charge >= 0.3 is 30.0 Å². The van der Waals surface area contributed by atoms with E-state index in [0.717, 1.165) is 6.92 Å². The molecule has 1 amide bonds. The smallest absolute Gasteiger partial charge is 0.408 e. The maximum Gasteiger partial charge on any atom is 0.408 e. The Morgan fingerprint density at radius 2 is 1.58 bits per heavy atom. The molecule has 17 nitrogen and oxygen atoms in total. The molecule has 4 aliphatic rings. The van der Waals surface area contributed by atoms with Gasteiger partial charge < -0.3 is 54.0 Å². The fraction of sp³-hybridized carbons (Fsp3) is 0.592. The quantitative estimate of drug-likeness (QED) is 0.126. The molecular formula is C49H64N2O15. The van der Waals surface area contributed by atoms with Crippen molar-refractivity contribution in [1.29, 1.82) is 0 Å². The normalized spacial score (nSPS) is 31.0. The molecule has 66 heavy (non-hydrogen) atoms. The largest absolute Gasteiger partial charge is 0.455 e. The van der Waals surface area contributed by atoms with Crippen molar-refractivity contribution in [1.82, 2.24) is 10.2 Å². The molecule has 0 spiro atoms. The number of aliphatic hydroxyl groups is 3. The van der Waals surface area contributed by atoms with Crippen molar-refractivity contribution in [2.24, 2.45) is 16.7 Å². The number of hydrogen-bond donors (Lipinski definition) is 4. The van der Waals surface area contributed by atoms with Gasteiger partial charge in [0.2, 0.25) is 6.10 Å². The maximum atomic E-state index is 15.2. The van der Waals surface area contributed by atoms with Crippen LogP contribution in [0.1, 0.15) is 103 Å². The van der Waals surface area contributed by atoms with Gasteiger partial charge in [0.15, 0.2) is 11.4 Å². The molecule has 2 aromatic carbocycles. The van der Waals surface area contributed by atoms with Gasteiger partial charge in [0.05, 0.1) is 29.6 Å². The number of benzene rings is 2. The summed E-state index contributed by atoms with van der Waals surface area (Å²) in [5.41, 5.74) is -8.37. The number of hydrogen-bond acceptors (Lipinski definition) is 16. The topological polar surface area (TPSA) is 234 Å². The van der Waals surface area contributed by atoms with Gasteiger partial charge in [0.25, 0.3) is 0 Å². The van der Waals surface area contributed by atoms with Crippen LogP contribution >= 0.6 is 0 Å². The Morgan fingerprint density at radius 1 is 0.955 bits per heavy atom. The number of fused-ring (bicyclic) bond motifs is 5. The number of Topliss-reactive ketones (excluding diaryl/α,β-unsaturated/α-hetero) is 1. The van der Waals surface area contributed by atoms with Gasteiger partial charge in [-0.1, -0.05) is 62.4 Å². The highest BCUT2D eigenvalue weighted by Crippen LogP contribution is 2.64. The molecule has 0 radical (unpaired) electrons. The minimum atomic E-state index is -2.40. The predicted molar refractivity (Wildman–Crippen MR) is 235 cm³/mol. The van der Waals surface area contributed by atoms with Crippen molar-refractivity contribution < 1.29 is 72.5 Å². The SMILES string of the molecule is CC(=O)O[C@@]12CO[C@@H]1C[C@H](O)[C@@]1(C)C(=O)[C@H](O)C3=C(C)[C@@H](OC(=O)[C@H](OC(=O)CCCN(C)C)[C@@H](NC(=O)OC(C)(C)C)c4ccccc4)C[C@@](O)([C@@H](OC(=O)c4ccccc4)[C@H]21)C3(C)C. The number of ketones is 1. The van der Waals surface area contributed by atoms with E-state index in [9.17, 15) is 39.3 Å². The lowest BCUT2D eigenvalue weighted by Gasteiger charge is -2.67. The summed E-state index contributed by atoms with van der Waals surface area (Å²) >= 11 is 0. The molecule has 3 aliphatic carbocycles. The Morgan fingerprint density at radius 3 is 2.14 bits per heavy atom. The zero-order valence-electron chi connectivity index (χ0n) is 39.3. The first-order valence-electron chi connectivity index (χ1n) is 22.3. The van der Waals surface area contributed by atoms with Crippen LogP contribution in [-0.2, 0) is 47.6 Å². The number of alkyl carbamates (subject to hydrolysis) is 1. The van der Waals surface area contributed by atoms with Crippen LogP contribution in [-0.4, -0.2) is 137 Å². The number of carbonyl (C=O) groups is 6. The van der Waals surface area contributed by atoms with Crippen molar-refractivity contribution in [3.05, 3.63) is 82.9 Å². The van der Waals surface area contributed by atoms with E-state index < -0.39 is 118 Å². The lowest BCUT2D eigenvalue weighted by molar-refractivity contribution is -0.346. The van der Waals surface area contributed by atoms with E-state index in [2.05, 4.69) is 5.32 Å². The Labute approximate surface area is 385 Å². The van der Waals surface area contributed by atoms with Crippen LogP contribution in [0.2, 0.25) is 0 Å². The fourth-order valence-corrected chi connectivity index (χ4v) is 10.4. The third-order valence-corrected chi connectivity index (χ3v) is 13.8. The van der Waals surface area contributed by atoms with Gasteiger partial charge in [0, 0.05) is 31.6 Å². The van der Waals surface area contributed by atoms with Crippen LogP contribution in [0, 0.1) is 16.7 Å². The summed E-state index contributed by atoms with van der Waals surface area (Å²) in [5, 5.41) is 40.7. The van der Waals surface area contributed by atoms with Crippen LogP contribution in [0.5, 0.6) is 0 Å². The molecule has 0 aromatic heterocycles. The summed E-state index contributed by atoms with van der Waals surface area (Å²) in [5.74, 6) is -6.15. The fourth-order valence-electron chi connectivity index (χ4n) is 10.4. The molecule has 1 saturated heterocycles. The summed E-state index contributed by atoms with van der Waals surface area (Å²) in [6, 6.07) is 14.7. The minimum Gasteiger partial charge on any atom is -0.455 e. The van der Waals surface area contributed by atoms with Gasteiger partial charge in [-0.05, 0) is 90.5 Å². The van der Waals surface area contributed by atoms with Crippen molar-refractivity contribution in [3.63, 3.8) is 0 Å². The number of esters is 4. The summed E-state index contributed by atoms with van der Waals surface area (Å²) in [6.45, 7) is 12.3. The van der Waals surface area contributed by atoms with E-state index in [-0.39, 0.29) is 36.2 Å². The molecule has 2 aromatic rings.